The molecule has 1 aliphatic rings. The molecule has 0 aliphatic heterocycles. The molecule has 0 amide bonds. The summed E-state index contributed by atoms with van der Waals surface area (Å²) in [4.78, 5) is 11.0. The van der Waals surface area contributed by atoms with E-state index in [0.717, 1.165) is 13.1 Å². The summed E-state index contributed by atoms with van der Waals surface area (Å²) in [6, 6.07) is 0. The van der Waals surface area contributed by atoms with E-state index in [1.54, 1.807) is 6.92 Å². The lowest BCUT2D eigenvalue weighted by Gasteiger charge is -2.33. The van der Waals surface area contributed by atoms with Crippen LogP contribution in [0.2, 0.25) is 0 Å². The third kappa shape index (κ3) is 6.36. The van der Waals surface area contributed by atoms with Crippen molar-refractivity contribution in [2.75, 3.05) is 32.9 Å². The summed E-state index contributed by atoms with van der Waals surface area (Å²) in [5, 5.41) is 3.42. The molecule has 18 heavy (non-hydrogen) atoms. The summed E-state index contributed by atoms with van der Waals surface area (Å²) in [7, 11) is 0. The Hall–Kier alpha value is -0.610. The van der Waals surface area contributed by atoms with E-state index in [-0.39, 0.29) is 12.6 Å². The summed E-state index contributed by atoms with van der Waals surface area (Å²) in [5.74, 6) is -0.281. The molecule has 4 heteroatoms. The predicted octanol–water partition coefficient (Wildman–Crippen LogP) is 2.13. The van der Waals surface area contributed by atoms with Gasteiger partial charge in [-0.15, -0.1) is 0 Å². The van der Waals surface area contributed by atoms with Gasteiger partial charge in [0.2, 0.25) is 0 Å². The largest absolute Gasteiger partial charge is 0.464 e. The highest BCUT2D eigenvalue weighted by Crippen LogP contribution is 2.34. The van der Waals surface area contributed by atoms with Crippen LogP contribution < -0.4 is 5.32 Å². The van der Waals surface area contributed by atoms with E-state index in [2.05, 4.69) is 12.2 Å². The summed E-state index contributed by atoms with van der Waals surface area (Å²) in [6.45, 7) is 7.05. The minimum absolute atomic E-state index is 0.0623. The molecule has 0 atom stereocenters. The zero-order chi connectivity index (χ0) is 13.3. The molecule has 106 valence electrons. The first kappa shape index (κ1) is 15.4. The van der Waals surface area contributed by atoms with Crippen molar-refractivity contribution in [1.82, 2.24) is 5.32 Å². The Bertz CT molecular complexity index is 237. The van der Waals surface area contributed by atoms with Gasteiger partial charge in [-0.25, -0.2) is 4.79 Å². The van der Waals surface area contributed by atoms with Crippen LogP contribution in [0.3, 0.4) is 0 Å². The highest BCUT2D eigenvalue weighted by Gasteiger charge is 2.25. The Balaban J connectivity index is 1.96. The number of carbonyl (C=O) groups excluding carboxylic acids is 1. The van der Waals surface area contributed by atoms with Gasteiger partial charge in [-0.2, -0.15) is 0 Å². The fraction of sp³-hybridized carbons (Fsp3) is 0.929. The van der Waals surface area contributed by atoms with E-state index in [1.165, 1.54) is 32.1 Å². The van der Waals surface area contributed by atoms with Gasteiger partial charge in [0.25, 0.3) is 0 Å². The Morgan fingerprint density at radius 3 is 2.67 bits per heavy atom. The van der Waals surface area contributed by atoms with Crippen LogP contribution in [0, 0.1) is 5.41 Å². The van der Waals surface area contributed by atoms with Gasteiger partial charge in [0.05, 0.1) is 13.2 Å². The lowest BCUT2D eigenvalue weighted by molar-refractivity contribution is -0.148. The summed E-state index contributed by atoms with van der Waals surface area (Å²) < 4.78 is 10.0. The number of carbonyl (C=O) groups is 1. The predicted molar refractivity (Wildman–Crippen MR) is 71.5 cm³/mol. The van der Waals surface area contributed by atoms with Crippen molar-refractivity contribution < 1.29 is 14.3 Å². The molecule has 0 spiro atoms. The van der Waals surface area contributed by atoms with Gasteiger partial charge in [0, 0.05) is 13.1 Å². The summed E-state index contributed by atoms with van der Waals surface area (Å²) in [6.07, 6.45) is 6.75. The topological polar surface area (TPSA) is 47.6 Å². The minimum atomic E-state index is -0.281. The number of rotatable bonds is 8. The highest BCUT2D eigenvalue weighted by molar-refractivity contribution is 5.70. The molecule has 0 saturated heterocycles. The van der Waals surface area contributed by atoms with E-state index in [4.69, 9.17) is 9.47 Å². The van der Waals surface area contributed by atoms with E-state index < -0.39 is 0 Å². The maximum Gasteiger partial charge on any atom is 0.332 e. The second kappa shape index (κ2) is 8.48. The molecule has 0 aromatic carbocycles. The van der Waals surface area contributed by atoms with Crippen LogP contribution in [0.15, 0.2) is 0 Å². The maximum absolute atomic E-state index is 11.0. The van der Waals surface area contributed by atoms with Crippen molar-refractivity contribution in [2.24, 2.45) is 5.41 Å². The van der Waals surface area contributed by atoms with Crippen LogP contribution in [0.25, 0.3) is 0 Å². The molecule has 4 nitrogen and oxygen atoms in total. The SMILES string of the molecule is CCOC(=O)COCCNCC1(C)CCCCC1. The molecule has 0 bridgehead atoms. The zero-order valence-electron chi connectivity index (χ0n) is 11.8. The lowest BCUT2D eigenvalue weighted by Crippen LogP contribution is -2.35. The second-order valence-electron chi connectivity index (χ2n) is 5.41. The molecule has 0 unspecified atom stereocenters. The summed E-state index contributed by atoms with van der Waals surface area (Å²) in [5.41, 5.74) is 0.458. The van der Waals surface area contributed by atoms with Gasteiger partial charge in [0.15, 0.2) is 0 Å². The fourth-order valence-electron chi connectivity index (χ4n) is 2.47. The number of hydrogen-bond acceptors (Lipinski definition) is 4. The first-order valence-corrected chi connectivity index (χ1v) is 7.10. The van der Waals surface area contributed by atoms with Crippen molar-refractivity contribution in [3.05, 3.63) is 0 Å². The maximum atomic E-state index is 11.0. The lowest BCUT2D eigenvalue weighted by atomic mass is 9.76. The number of nitrogens with one attached hydrogen (secondary N) is 1. The Morgan fingerprint density at radius 2 is 2.00 bits per heavy atom. The number of esters is 1. The smallest absolute Gasteiger partial charge is 0.332 e. The van der Waals surface area contributed by atoms with Crippen LogP contribution >= 0.6 is 0 Å². The van der Waals surface area contributed by atoms with Gasteiger partial charge in [-0.3, -0.25) is 0 Å². The molecule has 0 heterocycles. The molecular weight excluding hydrogens is 230 g/mol. The van der Waals surface area contributed by atoms with Crippen LogP contribution in [-0.2, 0) is 14.3 Å². The van der Waals surface area contributed by atoms with Gasteiger partial charge in [0.1, 0.15) is 6.61 Å². The summed E-state index contributed by atoms with van der Waals surface area (Å²) >= 11 is 0. The van der Waals surface area contributed by atoms with E-state index in [1.807, 2.05) is 0 Å². The molecular formula is C14H27NO3. The first-order valence-electron chi connectivity index (χ1n) is 7.10. The van der Waals surface area contributed by atoms with Crippen LogP contribution in [0.1, 0.15) is 46.0 Å². The van der Waals surface area contributed by atoms with E-state index in [9.17, 15) is 4.79 Å². The Labute approximate surface area is 110 Å². The normalized spacial score (nSPS) is 18.6. The first-order chi connectivity index (χ1) is 8.66. The molecule has 0 aromatic heterocycles. The Morgan fingerprint density at radius 1 is 1.28 bits per heavy atom. The highest BCUT2D eigenvalue weighted by atomic mass is 16.6. The quantitative estimate of drug-likeness (QED) is 0.534. The molecule has 1 saturated carbocycles. The fourth-order valence-corrected chi connectivity index (χ4v) is 2.47. The van der Waals surface area contributed by atoms with Gasteiger partial charge < -0.3 is 14.8 Å². The van der Waals surface area contributed by atoms with E-state index in [0.29, 0.717) is 18.6 Å². The number of hydrogen-bond donors (Lipinski definition) is 1. The second-order valence-corrected chi connectivity index (χ2v) is 5.41. The third-order valence-corrected chi connectivity index (χ3v) is 3.56. The van der Waals surface area contributed by atoms with Crippen molar-refractivity contribution in [1.29, 1.82) is 0 Å². The molecule has 1 N–H and O–H groups in total. The van der Waals surface area contributed by atoms with Crippen LogP contribution in [-0.4, -0.2) is 38.9 Å². The monoisotopic (exact) mass is 257 g/mol. The van der Waals surface area contributed by atoms with Gasteiger partial charge in [-0.1, -0.05) is 26.2 Å². The molecule has 1 aliphatic carbocycles. The molecule has 1 fully saturated rings. The number of ether oxygens (including phenoxy) is 2. The van der Waals surface area contributed by atoms with Gasteiger partial charge in [-0.05, 0) is 25.2 Å². The van der Waals surface area contributed by atoms with E-state index >= 15 is 0 Å². The average molecular weight is 257 g/mol. The minimum Gasteiger partial charge on any atom is -0.464 e. The van der Waals surface area contributed by atoms with Gasteiger partial charge >= 0.3 is 5.97 Å². The van der Waals surface area contributed by atoms with Crippen molar-refractivity contribution in [3.8, 4) is 0 Å². The average Bonchev–Trinajstić information content (AvgIpc) is 2.35. The van der Waals surface area contributed by atoms with Crippen molar-refractivity contribution >= 4 is 5.97 Å². The van der Waals surface area contributed by atoms with Crippen LogP contribution in [0.4, 0.5) is 0 Å². The third-order valence-electron chi connectivity index (χ3n) is 3.56. The van der Waals surface area contributed by atoms with Crippen molar-refractivity contribution in [3.63, 3.8) is 0 Å². The standard InChI is InChI=1S/C14H27NO3/c1-3-18-13(16)11-17-10-9-15-12-14(2)7-5-4-6-8-14/h15H,3-12H2,1-2H3. The van der Waals surface area contributed by atoms with Crippen LogP contribution in [0.5, 0.6) is 0 Å². The molecule has 0 radical (unpaired) electrons. The molecule has 0 aromatic rings. The Kier molecular flexibility index (Phi) is 7.28. The van der Waals surface area contributed by atoms with Crippen molar-refractivity contribution in [2.45, 2.75) is 46.0 Å². The molecule has 1 rings (SSSR count). The zero-order valence-corrected chi connectivity index (χ0v) is 11.8.